The second-order valence-electron chi connectivity index (χ2n) is 4.24. The highest BCUT2D eigenvalue weighted by molar-refractivity contribution is 6.06. The van der Waals surface area contributed by atoms with E-state index in [-0.39, 0.29) is 17.9 Å². The molecule has 0 aromatic heterocycles. The lowest BCUT2D eigenvalue weighted by Gasteiger charge is -2.11. The number of anilines is 1. The Bertz CT molecular complexity index is 608. The highest BCUT2D eigenvalue weighted by atomic mass is 16.3. The van der Waals surface area contributed by atoms with Gasteiger partial charge in [0.15, 0.2) is 0 Å². The molecule has 4 nitrogen and oxygen atoms in total. The quantitative estimate of drug-likeness (QED) is 0.791. The molecule has 2 aromatic rings. The van der Waals surface area contributed by atoms with Gasteiger partial charge in [0, 0.05) is 11.3 Å². The number of nitrogens with one attached hydrogen (secondary N) is 1. The van der Waals surface area contributed by atoms with Gasteiger partial charge in [-0.3, -0.25) is 4.79 Å². The van der Waals surface area contributed by atoms with Crippen LogP contribution in [0, 0.1) is 6.92 Å². The number of hydrogen-bond acceptors (Lipinski definition) is 3. The largest absolute Gasteiger partial charge is 0.507 e. The second kappa shape index (κ2) is 5.54. The Balaban J connectivity index is 2.28. The third kappa shape index (κ3) is 2.74. The first-order chi connectivity index (χ1) is 9.13. The zero-order valence-corrected chi connectivity index (χ0v) is 10.6. The first-order valence-electron chi connectivity index (χ1n) is 5.92. The summed E-state index contributed by atoms with van der Waals surface area (Å²) in [4.78, 5) is 12.1. The van der Waals surface area contributed by atoms with Crippen molar-refractivity contribution in [3.63, 3.8) is 0 Å². The van der Waals surface area contributed by atoms with E-state index in [0.29, 0.717) is 16.8 Å². The summed E-state index contributed by atoms with van der Waals surface area (Å²) in [6.45, 7) is 1.57. The number of benzene rings is 2. The van der Waals surface area contributed by atoms with Crippen LogP contribution in [0.2, 0.25) is 0 Å². The van der Waals surface area contributed by atoms with Gasteiger partial charge < -0.3 is 15.5 Å². The molecular weight excluding hydrogens is 242 g/mol. The summed E-state index contributed by atoms with van der Waals surface area (Å²) >= 11 is 0. The van der Waals surface area contributed by atoms with Gasteiger partial charge in [0.2, 0.25) is 0 Å². The van der Waals surface area contributed by atoms with Crippen molar-refractivity contribution in [1.29, 1.82) is 0 Å². The molecular formula is C15H15NO3. The molecule has 0 bridgehead atoms. The van der Waals surface area contributed by atoms with Gasteiger partial charge in [-0.1, -0.05) is 30.3 Å². The molecule has 0 radical (unpaired) electrons. The van der Waals surface area contributed by atoms with Gasteiger partial charge >= 0.3 is 0 Å². The Morgan fingerprint density at radius 2 is 1.89 bits per heavy atom. The minimum absolute atomic E-state index is 0.0264. The number of aliphatic hydroxyl groups is 1. The van der Waals surface area contributed by atoms with Crippen LogP contribution >= 0.6 is 0 Å². The van der Waals surface area contributed by atoms with Gasteiger partial charge in [-0.15, -0.1) is 0 Å². The van der Waals surface area contributed by atoms with Crippen molar-refractivity contribution in [1.82, 2.24) is 0 Å². The van der Waals surface area contributed by atoms with Crippen molar-refractivity contribution in [2.75, 3.05) is 5.32 Å². The maximum absolute atomic E-state index is 12.1. The zero-order valence-electron chi connectivity index (χ0n) is 10.6. The molecule has 98 valence electrons. The highest BCUT2D eigenvalue weighted by Gasteiger charge is 2.13. The van der Waals surface area contributed by atoms with Crippen molar-refractivity contribution in [2.24, 2.45) is 0 Å². The van der Waals surface area contributed by atoms with Gasteiger partial charge in [-0.2, -0.15) is 0 Å². The SMILES string of the molecule is Cc1cccc(C(=O)Nc2ccccc2CO)c1O. The number of rotatable bonds is 3. The third-order valence-electron chi connectivity index (χ3n) is 2.92. The fourth-order valence-electron chi connectivity index (χ4n) is 1.81. The van der Waals surface area contributed by atoms with Crippen molar-refractivity contribution >= 4 is 11.6 Å². The molecule has 19 heavy (non-hydrogen) atoms. The third-order valence-corrected chi connectivity index (χ3v) is 2.92. The van der Waals surface area contributed by atoms with E-state index in [1.54, 1.807) is 49.4 Å². The van der Waals surface area contributed by atoms with Gasteiger partial charge in [0.25, 0.3) is 5.91 Å². The lowest BCUT2D eigenvalue weighted by Crippen LogP contribution is -2.13. The number of aliphatic hydroxyl groups excluding tert-OH is 1. The van der Waals surface area contributed by atoms with Crippen LogP contribution in [0.3, 0.4) is 0 Å². The van der Waals surface area contributed by atoms with E-state index in [4.69, 9.17) is 0 Å². The number of carbonyl (C=O) groups is 1. The van der Waals surface area contributed by atoms with Crippen LogP contribution in [0.25, 0.3) is 0 Å². The first-order valence-corrected chi connectivity index (χ1v) is 5.92. The Morgan fingerprint density at radius 3 is 2.63 bits per heavy atom. The molecule has 0 atom stereocenters. The summed E-state index contributed by atoms with van der Waals surface area (Å²) in [5.41, 5.74) is 2.02. The molecule has 2 rings (SSSR count). The maximum atomic E-state index is 12.1. The van der Waals surface area contributed by atoms with Crippen LogP contribution in [0.1, 0.15) is 21.5 Å². The summed E-state index contributed by atoms with van der Waals surface area (Å²) in [5, 5.41) is 21.7. The zero-order chi connectivity index (χ0) is 13.8. The summed E-state index contributed by atoms with van der Waals surface area (Å²) in [5.74, 6) is -0.427. The molecule has 0 aliphatic rings. The number of hydrogen-bond donors (Lipinski definition) is 3. The van der Waals surface area contributed by atoms with E-state index in [1.807, 2.05) is 0 Å². The van der Waals surface area contributed by atoms with Gasteiger partial charge in [-0.05, 0) is 24.6 Å². The highest BCUT2D eigenvalue weighted by Crippen LogP contribution is 2.23. The van der Waals surface area contributed by atoms with E-state index >= 15 is 0 Å². The molecule has 0 heterocycles. The van der Waals surface area contributed by atoms with E-state index in [2.05, 4.69) is 5.32 Å². The Labute approximate surface area is 111 Å². The van der Waals surface area contributed by atoms with Gasteiger partial charge in [-0.25, -0.2) is 0 Å². The standard InChI is InChI=1S/C15H15NO3/c1-10-5-4-7-12(14(10)18)15(19)16-13-8-3-2-6-11(13)9-17/h2-8,17-18H,9H2,1H3,(H,16,19). The molecule has 4 heteroatoms. The van der Waals surface area contributed by atoms with Crippen LogP contribution in [0.4, 0.5) is 5.69 Å². The second-order valence-corrected chi connectivity index (χ2v) is 4.24. The maximum Gasteiger partial charge on any atom is 0.259 e. The van der Waals surface area contributed by atoms with Crippen LogP contribution in [0.5, 0.6) is 5.75 Å². The number of aryl methyl sites for hydroxylation is 1. The molecule has 0 spiro atoms. The minimum atomic E-state index is -0.401. The molecule has 0 aliphatic carbocycles. The van der Waals surface area contributed by atoms with Crippen LogP contribution < -0.4 is 5.32 Å². The van der Waals surface area contributed by atoms with Gasteiger partial charge in [0.1, 0.15) is 5.75 Å². The Kier molecular flexibility index (Phi) is 3.82. The van der Waals surface area contributed by atoms with Crippen molar-refractivity contribution in [2.45, 2.75) is 13.5 Å². The van der Waals surface area contributed by atoms with Crippen molar-refractivity contribution in [3.05, 3.63) is 59.2 Å². The van der Waals surface area contributed by atoms with E-state index in [0.717, 1.165) is 0 Å². The van der Waals surface area contributed by atoms with E-state index in [9.17, 15) is 15.0 Å². The summed E-state index contributed by atoms with van der Waals surface area (Å²) < 4.78 is 0. The van der Waals surface area contributed by atoms with Crippen LogP contribution in [0.15, 0.2) is 42.5 Å². The lowest BCUT2D eigenvalue weighted by atomic mass is 10.1. The summed E-state index contributed by atoms with van der Waals surface area (Å²) in [6.07, 6.45) is 0. The molecule has 0 fully saturated rings. The Hall–Kier alpha value is -2.33. The molecule has 1 amide bonds. The lowest BCUT2D eigenvalue weighted by molar-refractivity contribution is 0.102. The fraction of sp³-hybridized carbons (Fsp3) is 0.133. The molecule has 0 saturated carbocycles. The van der Waals surface area contributed by atoms with E-state index in [1.165, 1.54) is 0 Å². The van der Waals surface area contributed by atoms with Crippen LogP contribution in [-0.2, 0) is 6.61 Å². The normalized spacial score (nSPS) is 10.2. The number of carbonyl (C=O) groups excluding carboxylic acids is 1. The number of para-hydroxylation sites is 2. The molecule has 3 N–H and O–H groups in total. The Morgan fingerprint density at radius 1 is 1.16 bits per heavy atom. The van der Waals surface area contributed by atoms with Crippen LogP contribution in [-0.4, -0.2) is 16.1 Å². The molecule has 2 aromatic carbocycles. The fourth-order valence-corrected chi connectivity index (χ4v) is 1.81. The number of phenolic OH excluding ortho intramolecular Hbond substituents is 1. The number of amides is 1. The van der Waals surface area contributed by atoms with Crippen molar-refractivity contribution < 1.29 is 15.0 Å². The topological polar surface area (TPSA) is 69.6 Å². The average Bonchev–Trinajstić information content (AvgIpc) is 2.42. The van der Waals surface area contributed by atoms with E-state index < -0.39 is 5.91 Å². The average molecular weight is 257 g/mol. The monoisotopic (exact) mass is 257 g/mol. The molecule has 0 unspecified atom stereocenters. The molecule has 0 saturated heterocycles. The summed E-state index contributed by atoms with van der Waals surface area (Å²) in [6, 6.07) is 12.0. The minimum Gasteiger partial charge on any atom is -0.507 e. The predicted octanol–water partition coefficient (Wildman–Crippen LogP) is 2.45. The first kappa shape index (κ1) is 13.1. The van der Waals surface area contributed by atoms with Crippen molar-refractivity contribution in [3.8, 4) is 5.75 Å². The molecule has 0 aliphatic heterocycles. The smallest absolute Gasteiger partial charge is 0.259 e. The number of phenols is 1. The predicted molar refractivity (Wildman–Crippen MR) is 73.2 cm³/mol. The summed E-state index contributed by atoms with van der Waals surface area (Å²) in [7, 11) is 0. The number of aromatic hydroxyl groups is 1. The van der Waals surface area contributed by atoms with Gasteiger partial charge in [0.05, 0.1) is 12.2 Å².